The zero-order valence-electron chi connectivity index (χ0n) is 11.0. The monoisotopic (exact) mass is 264 g/mol. The Bertz CT molecular complexity index is 205. The van der Waals surface area contributed by atoms with Gasteiger partial charge < -0.3 is 20.4 Å². The van der Waals surface area contributed by atoms with Crippen molar-refractivity contribution in [3.05, 3.63) is 0 Å². The topological polar surface area (TPSA) is 115 Å². The average molecular weight is 264 g/mol. The van der Waals surface area contributed by atoms with E-state index in [1.807, 2.05) is 13.8 Å². The Morgan fingerprint density at radius 2 is 1.11 bits per heavy atom. The third kappa shape index (κ3) is 17.3. The molecule has 0 aliphatic rings. The van der Waals surface area contributed by atoms with E-state index in [9.17, 15) is 9.59 Å². The molecule has 0 aliphatic heterocycles. The Morgan fingerprint density at radius 1 is 0.833 bits per heavy atom. The Morgan fingerprint density at radius 3 is 1.28 bits per heavy atom. The maximum Gasteiger partial charge on any atom is 0.305 e. The molecule has 0 heterocycles. The lowest BCUT2D eigenvalue weighted by atomic mass is 10.1. The number of carboxylic acid groups (broad SMARTS) is 2. The van der Waals surface area contributed by atoms with E-state index in [1.54, 1.807) is 0 Å². The first kappa shape index (κ1) is 19.2. The minimum Gasteiger partial charge on any atom is -0.481 e. The molecule has 0 aromatic carbocycles. The van der Waals surface area contributed by atoms with E-state index >= 15 is 0 Å². The number of hydrogen-bond acceptors (Lipinski definition) is 4. The fraction of sp³-hybridized carbons (Fsp3) is 0.833. The first-order valence-corrected chi connectivity index (χ1v) is 6.13. The molecule has 108 valence electrons. The number of hydrogen-bond donors (Lipinski definition) is 4. The largest absolute Gasteiger partial charge is 0.481 e. The molecule has 0 amide bonds. The van der Waals surface area contributed by atoms with Crippen LogP contribution in [-0.4, -0.2) is 44.6 Å². The van der Waals surface area contributed by atoms with Gasteiger partial charge in [0.05, 0.1) is 25.0 Å². The van der Waals surface area contributed by atoms with Crippen molar-refractivity contribution in [2.24, 2.45) is 0 Å². The maximum atomic E-state index is 9.92. The quantitative estimate of drug-likeness (QED) is 0.524. The normalized spacial score (nSPS) is 13.1. The van der Waals surface area contributed by atoms with Crippen LogP contribution in [0.3, 0.4) is 0 Å². The van der Waals surface area contributed by atoms with Gasteiger partial charge in [0, 0.05) is 0 Å². The molecule has 0 spiro atoms. The van der Waals surface area contributed by atoms with Gasteiger partial charge in [-0.25, -0.2) is 0 Å². The van der Waals surface area contributed by atoms with Gasteiger partial charge in [-0.3, -0.25) is 9.59 Å². The smallest absolute Gasteiger partial charge is 0.305 e. The van der Waals surface area contributed by atoms with Crippen molar-refractivity contribution < 1.29 is 30.0 Å². The summed E-state index contributed by atoms with van der Waals surface area (Å²) in [5, 5.41) is 34.0. The Labute approximate surface area is 107 Å². The van der Waals surface area contributed by atoms with E-state index in [1.165, 1.54) is 0 Å². The summed E-state index contributed by atoms with van der Waals surface area (Å²) in [6, 6.07) is 0. The summed E-state index contributed by atoms with van der Waals surface area (Å²) in [6.45, 7) is 3.82. The van der Waals surface area contributed by atoms with Gasteiger partial charge in [-0.2, -0.15) is 0 Å². The SMILES string of the molecule is CCCC(O)CC(=O)O.CCCC(O)CC(=O)O. The molecule has 0 saturated carbocycles. The van der Waals surface area contributed by atoms with Gasteiger partial charge in [0.2, 0.25) is 0 Å². The van der Waals surface area contributed by atoms with Crippen LogP contribution in [0.1, 0.15) is 52.4 Å². The van der Waals surface area contributed by atoms with Gasteiger partial charge >= 0.3 is 11.9 Å². The van der Waals surface area contributed by atoms with Crippen molar-refractivity contribution in [3.63, 3.8) is 0 Å². The van der Waals surface area contributed by atoms with Gasteiger partial charge in [0.15, 0.2) is 0 Å². The minimum atomic E-state index is -0.934. The first-order chi connectivity index (χ1) is 8.33. The summed E-state index contributed by atoms with van der Waals surface area (Å²) < 4.78 is 0. The van der Waals surface area contributed by atoms with Crippen LogP contribution in [0.2, 0.25) is 0 Å². The number of aliphatic hydroxyl groups is 2. The van der Waals surface area contributed by atoms with Gasteiger partial charge in [0.1, 0.15) is 0 Å². The van der Waals surface area contributed by atoms with Crippen LogP contribution in [0.5, 0.6) is 0 Å². The predicted octanol–water partition coefficient (Wildman–Crippen LogP) is 1.24. The van der Waals surface area contributed by atoms with Crippen LogP contribution < -0.4 is 0 Å². The summed E-state index contributed by atoms with van der Waals surface area (Å²) >= 11 is 0. The molecular formula is C12H24O6. The molecule has 6 heteroatoms. The van der Waals surface area contributed by atoms with Crippen molar-refractivity contribution in [2.75, 3.05) is 0 Å². The molecule has 2 unspecified atom stereocenters. The molecule has 2 atom stereocenters. The fourth-order valence-electron chi connectivity index (χ4n) is 1.27. The second-order valence-electron chi connectivity index (χ2n) is 4.08. The molecule has 0 bridgehead atoms. The molecule has 0 aliphatic carbocycles. The maximum absolute atomic E-state index is 9.92. The summed E-state index contributed by atoms with van der Waals surface area (Å²) in [6.07, 6.45) is 1.23. The summed E-state index contributed by atoms with van der Waals surface area (Å²) in [7, 11) is 0. The lowest BCUT2D eigenvalue weighted by Crippen LogP contribution is -2.11. The fourth-order valence-corrected chi connectivity index (χ4v) is 1.27. The van der Waals surface area contributed by atoms with Crippen LogP contribution in [0, 0.1) is 0 Å². The lowest BCUT2D eigenvalue weighted by Gasteiger charge is -2.03. The van der Waals surface area contributed by atoms with E-state index < -0.39 is 24.1 Å². The first-order valence-electron chi connectivity index (χ1n) is 6.13. The Hall–Kier alpha value is -1.14. The second kappa shape index (κ2) is 12.3. The zero-order valence-corrected chi connectivity index (χ0v) is 11.0. The number of aliphatic hydroxyl groups excluding tert-OH is 2. The number of aliphatic carboxylic acids is 2. The van der Waals surface area contributed by atoms with Crippen LogP contribution in [0.4, 0.5) is 0 Å². The number of rotatable bonds is 8. The second-order valence-corrected chi connectivity index (χ2v) is 4.08. The number of carbonyl (C=O) groups is 2. The van der Waals surface area contributed by atoms with Crippen molar-refractivity contribution in [1.82, 2.24) is 0 Å². The van der Waals surface area contributed by atoms with E-state index in [2.05, 4.69) is 0 Å². The molecule has 0 radical (unpaired) electrons. The van der Waals surface area contributed by atoms with E-state index in [0.717, 1.165) is 12.8 Å². The standard InChI is InChI=1S/2C6H12O3/c2*1-2-3-5(7)4-6(8)9/h2*5,7H,2-4H2,1H3,(H,8,9). The van der Waals surface area contributed by atoms with Gasteiger partial charge in [-0.1, -0.05) is 26.7 Å². The van der Waals surface area contributed by atoms with E-state index in [0.29, 0.717) is 12.8 Å². The predicted molar refractivity (Wildman–Crippen MR) is 66.3 cm³/mol. The van der Waals surface area contributed by atoms with Crippen molar-refractivity contribution in [3.8, 4) is 0 Å². The van der Waals surface area contributed by atoms with Crippen LogP contribution in [-0.2, 0) is 9.59 Å². The highest BCUT2D eigenvalue weighted by atomic mass is 16.4. The number of carboxylic acids is 2. The molecule has 0 fully saturated rings. The van der Waals surface area contributed by atoms with Crippen LogP contribution in [0.15, 0.2) is 0 Å². The molecule has 4 N–H and O–H groups in total. The van der Waals surface area contributed by atoms with Crippen molar-refractivity contribution >= 4 is 11.9 Å². The molecular weight excluding hydrogens is 240 g/mol. The van der Waals surface area contributed by atoms with E-state index in [4.69, 9.17) is 20.4 Å². The zero-order chi connectivity index (χ0) is 14.6. The lowest BCUT2D eigenvalue weighted by molar-refractivity contribution is -0.140. The minimum absolute atomic E-state index is 0.131. The molecule has 0 saturated heterocycles. The highest BCUT2D eigenvalue weighted by molar-refractivity contribution is 5.67. The summed E-state index contributed by atoms with van der Waals surface area (Å²) in [4.78, 5) is 19.8. The van der Waals surface area contributed by atoms with Crippen molar-refractivity contribution in [1.29, 1.82) is 0 Å². The highest BCUT2D eigenvalue weighted by Gasteiger charge is 2.07. The molecule has 18 heavy (non-hydrogen) atoms. The van der Waals surface area contributed by atoms with Crippen molar-refractivity contribution in [2.45, 2.75) is 64.6 Å². The van der Waals surface area contributed by atoms with E-state index in [-0.39, 0.29) is 12.8 Å². The molecule has 0 rings (SSSR count). The molecule has 6 nitrogen and oxygen atoms in total. The third-order valence-electron chi connectivity index (χ3n) is 2.06. The third-order valence-corrected chi connectivity index (χ3v) is 2.06. The van der Waals surface area contributed by atoms with Crippen LogP contribution in [0.25, 0.3) is 0 Å². The van der Waals surface area contributed by atoms with Gasteiger partial charge in [-0.05, 0) is 12.8 Å². The Balaban J connectivity index is 0. The van der Waals surface area contributed by atoms with Crippen LogP contribution >= 0.6 is 0 Å². The average Bonchev–Trinajstić information content (AvgIpc) is 2.16. The van der Waals surface area contributed by atoms with Gasteiger partial charge in [0.25, 0.3) is 0 Å². The molecule has 0 aromatic heterocycles. The van der Waals surface area contributed by atoms with Gasteiger partial charge in [-0.15, -0.1) is 0 Å². The molecule has 0 aromatic rings. The summed E-state index contributed by atoms with van der Waals surface area (Å²) in [5.74, 6) is -1.87. The summed E-state index contributed by atoms with van der Waals surface area (Å²) in [5.41, 5.74) is 0. The Kier molecular flexibility index (Phi) is 13.1. The highest BCUT2D eigenvalue weighted by Crippen LogP contribution is 2.00.